The number of nitrogens with zero attached hydrogens (tertiary/aromatic N) is 3. The van der Waals surface area contributed by atoms with E-state index < -0.39 is 0 Å². The summed E-state index contributed by atoms with van der Waals surface area (Å²) in [7, 11) is 2.69. The van der Waals surface area contributed by atoms with Gasteiger partial charge in [0, 0.05) is 6.61 Å². The van der Waals surface area contributed by atoms with Gasteiger partial charge in [0.25, 0.3) is 0 Å². The highest BCUT2D eigenvalue weighted by Crippen LogP contribution is 2.31. The summed E-state index contributed by atoms with van der Waals surface area (Å²) in [5.41, 5.74) is 2.66. The van der Waals surface area contributed by atoms with Gasteiger partial charge in [-0.1, -0.05) is 38.5 Å². The number of allylic oxidation sites excluding steroid dienone is 2. The van der Waals surface area contributed by atoms with Gasteiger partial charge in [0.15, 0.2) is 5.82 Å². The molecule has 9 heteroatoms. The second-order valence-electron chi connectivity index (χ2n) is 9.07. The Hall–Kier alpha value is -2.05. The molecule has 0 radical (unpaired) electrons. The molecule has 34 heavy (non-hydrogen) atoms. The van der Waals surface area contributed by atoms with Crippen LogP contribution in [0.4, 0.5) is 11.5 Å². The lowest BCUT2D eigenvalue weighted by molar-refractivity contribution is -0.107. The van der Waals surface area contributed by atoms with Crippen LogP contribution >= 0.6 is 9.24 Å². The highest BCUT2D eigenvalue weighted by molar-refractivity contribution is 7.16. The predicted octanol–water partition coefficient (Wildman–Crippen LogP) is 5.16. The van der Waals surface area contributed by atoms with Crippen molar-refractivity contribution < 1.29 is 14.6 Å². The van der Waals surface area contributed by atoms with Gasteiger partial charge < -0.3 is 20.0 Å². The van der Waals surface area contributed by atoms with Crippen LogP contribution in [-0.4, -0.2) is 52.1 Å². The molecule has 1 aromatic heterocycles. The summed E-state index contributed by atoms with van der Waals surface area (Å²) in [6, 6.07) is 0. The van der Waals surface area contributed by atoms with E-state index in [1.54, 1.807) is 6.92 Å². The van der Waals surface area contributed by atoms with Crippen LogP contribution < -0.4 is 5.32 Å². The van der Waals surface area contributed by atoms with E-state index in [0.29, 0.717) is 28.8 Å². The van der Waals surface area contributed by atoms with Crippen molar-refractivity contribution in [3.05, 3.63) is 35.6 Å². The fourth-order valence-electron chi connectivity index (χ4n) is 4.23. The fourth-order valence-corrected chi connectivity index (χ4v) is 4.45. The third-order valence-electron chi connectivity index (χ3n) is 5.99. The molecule has 1 unspecified atom stereocenters. The van der Waals surface area contributed by atoms with Crippen molar-refractivity contribution in [2.45, 2.75) is 79.0 Å². The number of aliphatic hydroxyl groups excluding tert-OH is 1. The average Bonchev–Trinajstić information content (AvgIpc) is 2.80. The van der Waals surface area contributed by atoms with Crippen LogP contribution in [0.25, 0.3) is 0 Å². The standard InChI is InChI=1S/C25H40BN4O3P/c1-6-7-21(22(11-15-34)33-17(2)3)30-25-23(18(4)27-16-28-25)29-19(5)24(32)26-12-8-20(9-13-26)10-14-31/h7,11,16-17,20,31H,6,8-10,12-15,34H2,1-5H3,(H,27,28,30)/b21-7+,22-11+,29-19?. The lowest BCUT2D eigenvalue weighted by atomic mass is 9.37. The van der Waals surface area contributed by atoms with Crippen LogP contribution in [0.3, 0.4) is 0 Å². The van der Waals surface area contributed by atoms with Crippen LogP contribution in [0.1, 0.15) is 59.1 Å². The van der Waals surface area contributed by atoms with Crippen molar-refractivity contribution in [3.63, 3.8) is 0 Å². The molecule has 7 nitrogen and oxygen atoms in total. The monoisotopic (exact) mass is 486 g/mol. The zero-order valence-electron chi connectivity index (χ0n) is 21.3. The highest BCUT2D eigenvalue weighted by atomic mass is 31.0. The summed E-state index contributed by atoms with van der Waals surface area (Å²) in [5, 5.41) is 12.6. The van der Waals surface area contributed by atoms with E-state index in [0.717, 1.165) is 55.9 Å². The second kappa shape index (κ2) is 14.4. The molecule has 0 bridgehead atoms. The van der Waals surface area contributed by atoms with Crippen molar-refractivity contribution in [1.82, 2.24) is 9.97 Å². The number of nitrogens with one attached hydrogen (secondary N) is 1. The number of carbonyl (C=O) groups is 1. The Balaban J connectivity index is 2.29. The van der Waals surface area contributed by atoms with Gasteiger partial charge >= 0.3 is 0 Å². The maximum atomic E-state index is 13.1. The SMILES string of the molecule is CC/C=C(Nc1ncnc(C)c1N=C(C)C(=O)B1CCC(CCO)CC1)\C(=C/CP)OC(C)C. The third-order valence-corrected chi connectivity index (χ3v) is 6.22. The molecule has 1 aromatic rings. The minimum absolute atomic E-state index is 0.00776. The molecule has 2 heterocycles. The number of hydrogen-bond acceptors (Lipinski definition) is 7. The maximum absolute atomic E-state index is 13.1. The largest absolute Gasteiger partial charge is 0.489 e. The van der Waals surface area contributed by atoms with Gasteiger partial charge in [-0.2, -0.15) is 0 Å². The van der Waals surface area contributed by atoms with E-state index in [-0.39, 0.29) is 25.1 Å². The Bertz CT molecular complexity index is 909. The van der Waals surface area contributed by atoms with Crippen LogP contribution in [-0.2, 0) is 9.53 Å². The lowest BCUT2D eigenvalue weighted by Gasteiger charge is -2.25. The van der Waals surface area contributed by atoms with Crippen LogP contribution in [0.5, 0.6) is 0 Å². The first-order valence-corrected chi connectivity index (χ1v) is 13.2. The summed E-state index contributed by atoms with van der Waals surface area (Å²) < 4.78 is 6.04. The van der Waals surface area contributed by atoms with Crippen LogP contribution in [0.15, 0.2) is 34.9 Å². The molecule has 0 aromatic carbocycles. The Morgan fingerprint density at radius 3 is 2.65 bits per heavy atom. The molecule has 0 spiro atoms. The lowest BCUT2D eigenvalue weighted by Crippen LogP contribution is -2.35. The minimum atomic E-state index is -0.00776. The highest BCUT2D eigenvalue weighted by Gasteiger charge is 2.31. The molecule has 2 rings (SSSR count). The summed E-state index contributed by atoms with van der Waals surface area (Å²) in [6.45, 7) is 9.93. The Labute approximate surface area is 207 Å². The molecule has 2 N–H and O–H groups in total. The molecule has 0 amide bonds. The van der Waals surface area contributed by atoms with Crippen LogP contribution in [0, 0.1) is 12.8 Å². The molecule has 1 aliphatic heterocycles. The first-order chi connectivity index (χ1) is 16.3. The van der Waals surface area contributed by atoms with Crippen molar-refractivity contribution in [2.24, 2.45) is 10.9 Å². The van der Waals surface area contributed by atoms with Crippen LogP contribution in [0.2, 0.25) is 12.6 Å². The van der Waals surface area contributed by atoms with Crippen molar-refractivity contribution in [1.29, 1.82) is 0 Å². The molecule has 1 aliphatic rings. The molecule has 1 fully saturated rings. The molecule has 186 valence electrons. The van der Waals surface area contributed by atoms with Gasteiger partial charge in [0.2, 0.25) is 6.71 Å². The second-order valence-corrected chi connectivity index (χ2v) is 9.54. The molecular formula is C25H40BN4O3P. The van der Waals surface area contributed by atoms with Gasteiger partial charge in [-0.15, -0.1) is 9.24 Å². The number of aliphatic hydroxyl groups is 1. The summed E-state index contributed by atoms with van der Waals surface area (Å²) in [6.07, 6.45) is 11.7. The normalized spacial score (nSPS) is 16.2. The number of rotatable bonds is 12. The molecular weight excluding hydrogens is 446 g/mol. The zero-order chi connectivity index (χ0) is 25.1. The quantitative estimate of drug-likeness (QED) is 0.139. The average molecular weight is 486 g/mol. The van der Waals surface area contributed by atoms with Gasteiger partial charge in [0.1, 0.15) is 23.5 Å². The number of anilines is 1. The summed E-state index contributed by atoms with van der Waals surface area (Å²) in [5.74, 6) is 1.82. The molecule has 0 aliphatic carbocycles. The summed E-state index contributed by atoms with van der Waals surface area (Å²) >= 11 is 0. The minimum Gasteiger partial charge on any atom is -0.489 e. The Morgan fingerprint density at radius 2 is 2.06 bits per heavy atom. The number of aryl methyl sites for hydroxylation is 1. The first kappa shape index (κ1) is 28.2. The van der Waals surface area contributed by atoms with E-state index in [4.69, 9.17) is 9.73 Å². The van der Waals surface area contributed by atoms with Crippen molar-refractivity contribution in [2.75, 3.05) is 18.1 Å². The maximum Gasteiger partial charge on any atom is 0.231 e. The number of aromatic nitrogens is 2. The van der Waals surface area contributed by atoms with E-state index in [1.165, 1.54) is 6.33 Å². The topological polar surface area (TPSA) is 96.7 Å². The number of aliphatic imine (C=N–C) groups is 1. The molecule has 0 saturated carbocycles. The predicted molar refractivity (Wildman–Crippen MR) is 145 cm³/mol. The summed E-state index contributed by atoms with van der Waals surface area (Å²) in [4.78, 5) is 26.6. The molecule has 1 saturated heterocycles. The molecule has 1 atom stereocenters. The van der Waals surface area contributed by atoms with Gasteiger partial charge in [-0.05, 0) is 58.7 Å². The van der Waals surface area contributed by atoms with Gasteiger partial charge in [-0.25, -0.2) is 15.0 Å². The number of hydrogen-bond donors (Lipinski definition) is 2. The van der Waals surface area contributed by atoms with E-state index in [2.05, 4.69) is 37.5 Å². The third kappa shape index (κ3) is 8.32. The van der Waals surface area contributed by atoms with E-state index in [9.17, 15) is 9.90 Å². The van der Waals surface area contributed by atoms with Crippen molar-refractivity contribution in [3.8, 4) is 0 Å². The number of carbonyl (C=O) groups excluding carboxylic acids is 1. The van der Waals surface area contributed by atoms with Crippen molar-refractivity contribution >= 4 is 38.9 Å². The van der Waals surface area contributed by atoms with E-state index >= 15 is 0 Å². The smallest absolute Gasteiger partial charge is 0.231 e. The van der Waals surface area contributed by atoms with E-state index in [1.807, 2.05) is 26.8 Å². The van der Waals surface area contributed by atoms with Gasteiger partial charge in [0.05, 0.1) is 23.2 Å². The first-order valence-electron chi connectivity index (χ1n) is 12.4. The fraction of sp³-hybridized carbons (Fsp3) is 0.600. The Kier molecular flexibility index (Phi) is 11.9. The zero-order valence-corrected chi connectivity index (χ0v) is 22.5. The van der Waals surface area contributed by atoms with Gasteiger partial charge in [-0.3, -0.25) is 0 Å². The Morgan fingerprint density at radius 1 is 1.35 bits per heavy atom. The number of ether oxygens (including phenoxy) is 1.